The molecule has 0 spiro atoms. The van der Waals surface area contributed by atoms with Crippen LogP contribution in [0.3, 0.4) is 0 Å². The molecule has 0 radical (unpaired) electrons. The summed E-state index contributed by atoms with van der Waals surface area (Å²) in [7, 11) is 0. The summed E-state index contributed by atoms with van der Waals surface area (Å²) in [4.78, 5) is 20.5. The van der Waals surface area contributed by atoms with Crippen molar-refractivity contribution in [3.05, 3.63) is 176 Å². The van der Waals surface area contributed by atoms with Crippen LogP contribution in [0.4, 0.5) is 0 Å². The molecule has 0 aliphatic carbocycles. The molecule has 4 heterocycles. The first kappa shape index (κ1) is 30.8. The van der Waals surface area contributed by atoms with Crippen molar-refractivity contribution in [3.63, 3.8) is 0 Å². The first-order chi connectivity index (χ1) is 26.2. The first-order valence-corrected chi connectivity index (χ1v) is 18.0. The Labute approximate surface area is 307 Å². The van der Waals surface area contributed by atoms with Gasteiger partial charge >= 0.3 is 0 Å². The summed E-state index contributed by atoms with van der Waals surface area (Å²) in [6.45, 7) is 0. The molecule has 10 rings (SSSR count). The molecule has 9 aromatic rings. The van der Waals surface area contributed by atoms with Crippen LogP contribution in [0.2, 0.25) is 0 Å². The van der Waals surface area contributed by atoms with Crippen LogP contribution < -0.4 is 0 Å². The molecule has 0 saturated heterocycles. The largest absolute Gasteiger partial charge is 0.301 e. The highest BCUT2D eigenvalue weighted by Gasteiger charge is 2.20. The van der Waals surface area contributed by atoms with Crippen molar-refractivity contribution in [2.75, 3.05) is 0 Å². The van der Waals surface area contributed by atoms with Crippen LogP contribution >= 0.6 is 0 Å². The SMILES string of the molecule is C1=Cn2c(nc3c4ccccc4nc(-c4ccc(-c5cccc(-c6cc(-c7cccc(-c8ccccc8)c7)nc(-c7ccccc7)n6)c5)cc4)c32)CC1. The number of rotatable bonds is 6. The second-order valence-electron chi connectivity index (χ2n) is 13.4. The normalized spacial score (nSPS) is 12.3. The van der Waals surface area contributed by atoms with E-state index < -0.39 is 0 Å². The number of aryl methyl sites for hydroxylation is 1. The minimum Gasteiger partial charge on any atom is -0.301 e. The van der Waals surface area contributed by atoms with E-state index in [1.165, 1.54) is 5.56 Å². The molecular formula is C48H33N5. The molecule has 6 aromatic carbocycles. The third kappa shape index (κ3) is 5.69. The van der Waals surface area contributed by atoms with Gasteiger partial charge in [0.1, 0.15) is 11.3 Å². The Balaban J connectivity index is 1.04. The monoisotopic (exact) mass is 679 g/mol. The van der Waals surface area contributed by atoms with Gasteiger partial charge in [0.25, 0.3) is 0 Å². The van der Waals surface area contributed by atoms with Gasteiger partial charge in [-0.05, 0) is 52.9 Å². The summed E-state index contributed by atoms with van der Waals surface area (Å²) in [6.07, 6.45) is 6.29. The Bertz CT molecular complexity index is 2820. The van der Waals surface area contributed by atoms with Gasteiger partial charge < -0.3 is 4.57 Å². The maximum atomic E-state index is 5.19. The predicted molar refractivity (Wildman–Crippen MR) is 217 cm³/mol. The molecule has 5 nitrogen and oxygen atoms in total. The maximum Gasteiger partial charge on any atom is 0.160 e. The van der Waals surface area contributed by atoms with Crippen molar-refractivity contribution in [1.29, 1.82) is 0 Å². The van der Waals surface area contributed by atoms with Gasteiger partial charge in [0, 0.05) is 40.3 Å². The number of pyridine rings is 1. The minimum atomic E-state index is 0.698. The number of allylic oxidation sites excluding steroid dienone is 1. The highest BCUT2D eigenvalue weighted by Crippen LogP contribution is 2.36. The highest BCUT2D eigenvalue weighted by molar-refractivity contribution is 6.08. The second-order valence-corrected chi connectivity index (χ2v) is 13.4. The molecule has 0 unspecified atom stereocenters. The van der Waals surface area contributed by atoms with E-state index in [4.69, 9.17) is 19.9 Å². The molecule has 0 bridgehead atoms. The van der Waals surface area contributed by atoms with E-state index in [0.717, 1.165) is 96.6 Å². The van der Waals surface area contributed by atoms with Gasteiger partial charge in [0.05, 0.1) is 28.1 Å². The molecule has 1 aliphatic heterocycles. The van der Waals surface area contributed by atoms with Crippen molar-refractivity contribution in [3.8, 4) is 67.4 Å². The zero-order valence-electron chi connectivity index (χ0n) is 28.9. The molecule has 53 heavy (non-hydrogen) atoms. The number of benzene rings is 6. The smallest absolute Gasteiger partial charge is 0.160 e. The molecule has 250 valence electrons. The van der Waals surface area contributed by atoms with Gasteiger partial charge in [0.15, 0.2) is 5.82 Å². The average molecular weight is 680 g/mol. The Morgan fingerprint density at radius 3 is 1.70 bits per heavy atom. The zero-order chi connectivity index (χ0) is 35.1. The molecule has 0 amide bonds. The van der Waals surface area contributed by atoms with Crippen molar-refractivity contribution in [1.82, 2.24) is 24.5 Å². The van der Waals surface area contributed by atoms with Crippen molar-refractivity contribution in [2.45, 2.75) is 12.8 Å². The average Bonchev–Trinajstić information content (AvgIpc) is 3.64. The second kappa shape index (κ2) is 13.0. The molecule has 1 aliphatic rings. The van der Waals surface area contributed by atoms with Crippen LogP contribution in [0, 0.1) is 0 Å². The van der Waals surface area contributed by atoms with Crippen LogP contribution in [0.15, 0.2) is 170 Å². The van der Waals surface area contributed by atoms with E-state index in [1.54, 1.807) is 0 Å². The van der Waals surface area contributed by atoms with Gasteiger partial charge in [-0.3, -0.25) is 0 Å². The maximum absolute atomic E-state index is 5.19. The van der Waals surface area contributed by atoms with E-state index in [1.807, 2.05) is 30.3 Å². The predicted octanol–water partition coefficient (Wildman–Crippen LogP) is 11.8. The van der Waals surface area contributed by atoms with Crippen LogP contribution in [0.25, 0.3) is 95.6 Å². The topological polar surface area (TPSA) is 56.5 Å². The standard InChI is InChI=1S/C48H33N5/c1-3-13-32(14-4-1)36-17-11-19-38(29-36)42-31-43(51-48(50-42)35-15-5-2-6-16-35)39-20-12-18-37(30-39)33-24-26-34(27-25-33)45-47-46(40-21-7-8-22-41(40)49-45)52-44-23-9-10-28-53(44)47/h1-8,10-22,24-31H,9,23H2. The fourth-order valence-corrected chi connectivity index (χ4v) is 7.40. The molecule has 0 atom stereocenters. The number of nitrogens with zero attached hydrogens (tertiary/aromatic N) is 5. The number of fused-ring (bicyclic) bond motifs is 5. The number of hydrogen-bond acceptors (Lipinski definition) is 4. The third-order valence-electron chi connectivity index (χ3n) is 10.1. The Morgan fingerprint density at radius 1 is 0.434 bits per heavy atom. The number of hydrogen-bond donors (Lipinski definition) is 0. The van der Waals surface area contributed by atoms with Gasteiger partial charge in [-0.2, -0.15) is 0 Å². The van der Waals surface area contributed by atoms with Gasteiger partial charge in [-0.25, -0.2) is 19.9 Å². The molecule has 5 heteroatoms. The molecule has 3 aromatic heterocycles. The lowest BCUT2D eigenvalue weighted by Gasteiger charge is -2.12. The van der Waals surface area contributed by atoms with Crippen LogP contribution in [0.1, 0.15) is 12.2 Å². The van der Waals surface area contributed by atoms with Crippen LogP contribution in [-0.4, -0.2) is 24.5 Å². The lowest BCUT2D eigenvalue weighted by molar-refractivity contribution is 0.848. The molecule has 0 fully saturated rings. The molecular weight excluding hydrogens is 647 g/mol. The lowest BCUT2D eigenvalue weighted by atomic mass is 9.98. The van der Waals surface area contributed by atoms with E-state index >= 15 is 0 Å². The van der Waals surface area contributed by atoms with Gasteiger partial charge in [0.2, 0.25) is 0 Å². The summed E-state index contributed by atoms with van der Waals surface area (Å²) in [5, 5.41) is 1.09. The van der Waals surface area contributed by atoms with E-state index in [2.05, 4.69) is 150 Å². The molecule has 0 saturated carbocycles. The Kier molecular flexibility index (Phi) is 7.54. The number of aromatic nitrogens is 5. The Morgan fingerprint density at radius 2 is 1.00 bits per heavy atom. The van der Waals surface area contributed by atoms with Crippen LogP contribution in [-0.2, 0) is 6.42 Å². The third-order valence-corrected chi connectivity index (χ3v) is 10.1. The fourth-order valence-electron chi connectivity index (χ4n) is 7.40. The van der Waals surface area contributed by atoms with Gasteiger partial charge in [-0.1, -0.05) is 146 Å². The first-order valence-electron chi connectivity index (χ1n) is 18.0. The quantitative estimate of drug-likeness (QED) is 0.175. The summed E-state index contributed by atoms with van der Waals surface area (Å²) in [5.74, 6) is 1.78. The molecule has 0 N–H and O–H groups in total. The van der Waals surface area contributed by atoms with E-state index in [9.17, 15) is 0 Å². The summed E-state index contributed by atoms with van der Waals surface area (Å²) < 4.78 is 2.22. The van der Waals surface area contributed by atoms with Crippen molar-refractivity contribution < 1.29 is 0 Å². The lowest BCUT2D eigenvalue weighted by Crippen LogP contribution is -2.01. The number of imidazole rings is 1. The van der Waals surface area contributed by atoms with Crippen molar-refractivity contribution in [2.24, 2.45) is 0 Å². The van der Waals surface area contributed by atoms with E-state index in [0.29, 0.717) is 5.82 Å². The van der Waals surface area contributed by atoms with Gasteiger partial charge in [-0.15, -0.1) is 0 Å². The van der Waals surface area contributed by atoms with Crippen LogP contribution in [0.5, 0.6) is 0 Å². The minimum absolute atomic E-state index is 0.698. The fraction of sp³-hybridized carbons (Fsp3) is 0.0417. The summed E-state index contributed by atoms with van der Waals surface area (Å²) in [5.41, 5.74) is 14.4. The highest BCUT2D eigenvalue weighted by atomic mass is 15.1. The van der Waals surface area contributed by atoms with E-state index in [-0.39, 0.29) is 0 Å². The van der Waals surface area contributed by atoms with Crippen molar-refractivity contribution >= 4 is 28.1 Å². The number of para-hydroxylation sites is 1. The summed E-state index contributed by atoms with van der Waals surface area (Å²) in [6, 6.07) is 57.0. The Hall–Kier alpha value is -6.98. The zero-order valence-corrected chi connectivity index (χ0v) is 28.9. The summed E-state index contributed by atoms with van der Waals surface area (Å²) >= 11 is 0.